The quantitative estimate of drug-likeness (QED) is 0.901. The first-order valence-electron chi connectivity index (χ1n) is 5.67. The highest BCUT2D eigenvalue weighted by molar-refractivity contribution is 5.39. The van der Waals surface area contributed by atoms with Crippen molar-refractivity contribution in [3.8, 4) is 5.75 Å². The number of methoxy groups -OCH3 is 1. The van der Waals surface area contributed by atoms with Crippen molar-refractivity contribution >= 4 is 0 Å². The van der Waals surface area contributed by atoms with Crippen molar-refractivity contribution in [1.82, 2.24) is 0 Å². The van der Waals surface area contributed by atoms with E-state index in [4.69, 9.17) is 4.74 Å². The van der Waals surface area contributed by atoms with Crippen LogP contribution in [0.5, 0.6) is 5.75 Å². The maximum Gasteiger partial charge on any atom is 0.123 e. The summed E-state index contributed by atoms with van der Waals surface area (Å²) >= 11 is 0. The van der Waals surface area contributed by atoms with E-state index < -0.39 is 5.60 Å². The number of benzene rings is 2. The van der Waals surface area contributed by atoms with Gasteiger partial charge in [-0.1, -0.05) is 24.3 Å². The van der Waals surface area contributed by atoms with Crippen LogP contribution in [0.15, 0.2) is 48.5 Å². The fraction of sp³-hybridized carbons (Fsp3) is 0.200. The van der Waals surface area contributed by atoms with Gasteiger partial charge in [-0.2, -0.15) is 0 Å². The summed E-state index contributed by atoms with van der Waals surface area (Å²) in [6, 6.07) is 13.1. The van der Waals surface area contributed by atoms with E-state index in [9.17, 15) is 9.50 Å². The molecule has 0 fully saturated rings. The van der Waals surface area contributed by atoms with Crippen molar-refractivity contribution in [2.24, 2.45) is 0 Å². The molecule has 0 bridgehead atoms. The zero-order valence-corrected chi connectivity index (χ0v) is 10.4. The molecule has 0 saturated carbocycles. The lowest BCUT2D eigenvalue weighted by Gasteiger charge is -2.25. The molecule has 0 aliphatic heterocycles. The average Bonchev–Trinajstić information content (AvgIpc) is 2.39. The van der Waals surface area contributed by atoms with Crippen LogP contribution >= 0.6 is 0 Å². The summed E-state index contributed by atoms with van der Waals surface area (Å²) in [7, 11) is 1.57. The van der Waals surface area contributed by atoms with E-state index in [1.54, 1.807) is 50.4 Å². The smallest absolute Gasteiger partial charge is 0.123 e. The Morgan fingerprint density at radius 1 is 1.06 bits per heavy atom. The molecule has 0 saturated heterocycles. The topological polar surface area (TPSA) is 29.5 Å². The first-order valence-corrected chi connectivity index (χ1v) is 5.67. The van der Waals surface area contributed by atoms with Crippen LogP contribution in [-0.2, 0) is 5.60 Å². The number of halogens is 1. The molecule has 94 valence electrons. The number of aliphatic hydroxyl groups is 1. The molecule has 1 N–H and O–H groups in total. The molecule has 0 spiro atoms. The lowest BCUT2D eigenvalue weighted by atomic mass is 9.88. The van der Waals surface area contributed by atoms with Gasteiger partial charge in [0.1, 0.15) is 17.2 Å². The molecule has 1 unspecified atom stereocenters. The first-order chi connectivity index (χ1) is 8.54. The second-order valence-electron chi connectivity index (χ2n) is 4.31. The van der Waals surface area contributed by atoms with Crippen LogP contribution in [0.2, 0.25) is 0 Å². The molecule has 0 aliphatic rings. The summed E-state index contributed by atoms with van der Waals surface area (Å²) in [6.45, 7) is 1.64. The Morgan fingerprint density at radius 2 is 1.67 bits per heavy atom. The molecule has 0 aromatic heterocycles. The Hall–Kier alpha value is -1.87. The van der Waals surface area contributed by atoms with Crippen molar-refractivity contribution in [2.75, 3.05) is 7.11 Å². The van der Waals surface area contributed by atoms with Crippen molar-refractivity contribution in [2.45, 2.75) is 12.5 Å². The van der Waals surface area contributed by atoms with Gasteiger partial charge in [0.25, 0.3) is 0 Å². The molecule has 1 atom stereocenters. The van der Waals surface area contributed by atoms with Crippen LogP contribution < -0.4 is 4.74 Å². The zero-order valence-electron chi connectivity index (χ0n) is 10.4. The van der Waals surface area contributed by atoms with Gasteiger partial charge in [0.15, 0.2) is 0 Å². The highest BCUT2D eigenvalue weighted by Crippen LogP contribution is 2.31. The lowest BCUT2D eigenvalue weighted by molar-refractivity contribution is 0.102. The summed E-state index contributed by atoms with van der Waals surface area (Å²) in [4.78, 5) is 0. The molecular weight excluding hydrogens is 231 g/mol. The standard InChI is InChI=1S/C15H15FO2/c1-15(17,11-5-3-7-13(16)9-11)12-6-4-8-14(10-12)18-2/h3-10,17H,1-2H3. The van der Waals surface area contributed by atoms with Crippen molar-refractivity contribution in [3.05, 3.63) is 65.5 Å². The molecule has 0 aliphatic carbocycles. The van der Waals surface area contributed by atoms with Crippen molar-refractivity contribution in [3.63, 3.8) is 0 Å². The Balaban J connectivity index is 2.46. The summed E-state index contributed by atoms with van der Waals surface area (Å²) in [5.41, 5.74) is -0.0837. The highest BCUT2D eigenvalue weighted by Gasteiger charge is 2.26. The fourth-order valence-corrected chi connectivity index (χ4v) is 1.88. The highest BCUT2D eigenvalue weighted by atomic mass is 19.1. The van der Waals surface area contributed by atoms with Crippen LogP contribution in [0.3, 0.4) is 0 Å². The molecule has 2 nitrogen and oxygen atoms in total. The normalized spacial score (nSPS) is 14.0. The van der Waals surface area contributed by atoms with Crippen molar-refractivity contribution < 1.29 is 14.2 Å². The number of hydrogen-bond donors (Lipinski definition) is 1. The molecule has 0 heterocycles. The van der Waals surface area contributed by atoms with Crippen molar-refractivity contribution in [1.29, 1.82) is 0 Å². The van der Waals surface area contributed by atoms with Crippen LogP contribution in [0.4, 0.5) is 4.39 Å². The summed E-state index contributed by atoms with van der Waals surface area (Å²) in [6.07, 6.45) is 0. The van der Waals surface area contributed by atoms with E-state index in [0.29, 0.717) is 16.9 Å². The molecule has 0 radical (unpaired) electrons. The number of ether oxygens (including phenoxy) is 1. The molecule has 18 heavy (non-hydrogen) atoms. The Kier molecular flexibility index (Phi) is 3.34. The third-order valence-corrected chi connectivity index (χ3v) is 3.02. The van der Waals surface area contributed by atoms with E-state index in [1.165, 1.54) is 12.1 Å². The predicted octanol–water partition coefficient (Wildman–Crippen LogP) is 3.09. The van der Waals surface area contributed by atoms with Gasteiger partial charge < -0.3 is 9.84 Å². The largest absolute Gasteiger partial charge is 0.497 e. The Labute approximate surface area is 106 Å². The van der Waals surface area contributed by atoms with Gasteiger partial charge in [-0.25, -0.2) is 4.39 Å². The fourth-order valence-electron chi connectivity index (χ4n) is 1.88. The third kappa shape index (κ3) is 2.36. The van der Waals surface area contributed by atoms with Gasteiger partial charge in [-0.3, -0.25) is 0 Å². The predicted molar refractivity (Wildman–Crippen MR) is 68.1 cm³/mol. The molecule has 2 aromatic rings. The van der Waals surface area contributed by atoms with Crippen LogP contribution in [0.1, 0.15) is 18.1 Å². The van der Waals surface area contributed by atoms with Gasteiger partial charge in [0.2, 0.25) is 0 Å². The number of hydrogen-bond acceptors (Lipinski definition) is 2. The minimum absolute atomic E-state index is 0.365. The van der Waals surface area contributed by atoms with Crippen LogP contribution in [0, 0.1) is 5.82 Å². The second-order valence-corrected chi connectivity index (χ2v) is 4.31. The van der Waals surface area contributed by atoms with Gasteiger partial charge in [0, 0.05) is 0 Å². The van der Waals surface area contributed by atoms with E-state index >= 15 is 0 Å². The maximum absolute atomic E-state index is 13.2. The maximum atomic E-state index is 13.2. The monoisotopic (exact) mass is 246 g/mol. The van der Waals surface area contributed by atoms with Crippen LogP contribution in [-0.4, -0.2) is 12.2 Å². The van der Waals surface area contributed by atoms with E-state index in [2.05, 4.69) is 0 Å². The van der Waals surface area contributed by atoms with Gasteiger partial charge in [-0.15, -0.1) is 0 Å². The zero-order chi connectivity index (χ0) is 13.2. The lowest BCUT2D eigenvalue weighted by Crippen LogP contribution is -2.22. The molecule has 2 rings (SSSR count). The van der Waals surface area contributed by atoms with Gasteiger partial charge in [-0.05, 0) is 42.3 Å². The average molecular weight is 246 g/mol. The number of rotatable bonds is 3. The first kappa shape index (κ1) is 12.6. The van der Waals surface area contributed by atoms with E-state index in [1.807, 2.05) is 0 Å². The molecular formula is C15H15FO2. The van der Waals surface area contributed by atoms with Crippen LogP contribution in [0.25, 0.3) is 0 Å². The summed E-state index contributed by atoms with van der Waals surface area (Å²) in [5, 5.41) is 10.6. The summed E-state index contributed by atoms with van der Waals surface area (Å²) in [5.74, 6) is 0.292. The van der Waals surface area contributed by atoms with Gasteiger partial charge >= 0.3 is 0 Å². The second kappa shape index (κ2) is 4.78. The third-order valence-electron chi connectivity index (χ3n) is 3.02. The molecule has 3 heteroatoms. The Bertz CT molecular complexity index is 550. The molecule has 0 amide bonds. The van der Waals surface area contributed by atoms with Gasteiger partial charge in [0.05, 0.1) is 7.11 Å². The minimum atomic E-state index is -1.25. The summed E-state index contributed by atoms with van der Waals surface area (Å²) < 4.78 is 18.3. The molecule has 2 aromatic carbocycles. The van der Waals surface area contributed by atoms with E-state index in [-0.39, 0.29) is 5.82 Å². The minimum Gasteiger partial charge on any atom is -0.497 e. The Morgan fingerprint density at radius 3 is 2.28 bits per heavy atom. The SMILES string of the molecule is COc1cccc(C(C)(O)c2cccc(F)c2)c1. The van der Waals surface area contributed by atoms with E-state index in [0.717, 1.165) is 0 Å².